The molecule has 0 radical (unpaired) electrons. The van der Waals surface area contributed by atoms with Crippen LogP contribution in [0, 0.1) is 0 Å². The number of carbonyl (C=O) groups is 1. The van der Waals surface area contributed by atoms with E-state index in [0.29, 0.717) is 11.3 Å². The summed E-state index contributed by atoms with van der Waals surface area (Å²) in [6.07, 6.45) is -4.70. The van der Waals surface area contributed by atoms with Gasteiger partial charge in [0.05, 0.1) is 10.3 Å². The van der Waals surface area contributed by atoms with E-state index in [2.05, 4.69) is 9.97 Å². The highest BCUT2D eigenvalue weighted by Gasteiger charge is 2.37. The van der Waals surface area contributed by atoms with E-state index >= 15 is 0 Å². The summed E-state index contributed by atoms with van der Waals surface area (Å²) in [4.78, 5) is 17.4. The lowest BCUT2D eigenvalue weighted by atomic mass is 10.2. The Balaban J connectivity index is 2.84. The van der Waals surface area contributed by atoms with E-state index < -0.39 is 23.8 Å². The lowest BCUT2D eigenvalue weighted by molar-refractivity contribution is -0.139. The number of carboxylic acid groups (broad SMARTS) is 1. The molecule has 0 saturated carbocycles. The average Bonchev–Trinajstić information content (AvgIpc) is 2.57. The van der Waals surface area contributed by atoms with Crippen molar-refractivity contribution in [3.05, 3.63) is 16.6 Å². The first kappa shape index (κ1) is 11.6. The van der Waals surface area contributed by atoms with Crippen LogP contribution in [-0.2, 0) is 6.18 Å². The van der Waals surface area contributed by atoms with Crippen molar-refractivity contribution in [2.45, 2.75) is 6.18 Å². The van der Waals surface area contributed by atoms with Crippen molar-refractivity contribution in [3.63, 3.8) is 0 Å². The van der Waals surface area contributed by atoms with Gasteiger partial charge in [0.2, 0.25) is 5.95 Å². The molecule has 0 spiro atoms. The second-order valence-electron chi connectivity index (χ2n) is 3.06. The summed E-state index contributed by atoms with van der Waals surface area (Å²) in [5.74, 6) is -1.96. The average molecular weight is 263 g/mol. The summed E-state index contributed by atoms with van der Waals surface area (Å²) >= 11 is 0.623. The quantitative estimate of drug-likeness (QED) is 0.821. The summed E-state index contributed by atoms with van der Waals surface area (Å²) in [6.45, 7) is 0. The molecule has 0 aliphatic heterocycles. The highest BCUT2D eigenvalue weighted by Crippen LogP contribution is 2.37. The third-order valence-corrected chi connectivity index (χ3v) is 2.91. The van der Waals surface area contributed by atoms with E-state index in [1.54, 1.807) is 0 Å². The molecule has 90 valence electrons. The van der Waals surface area contributed by atoms with Gasteiger partial charge in [-0.1, -0.05) is 0 Å². The fourth-order valence-corrected chi connectivity index (χ4v) is 2.27. The van der Waals surface area contributed by atoms with Gasteiger partial charge in [-0.05, 0) is 0 Å². The Morgan fingerprint density at radius 1 is 1.41 bits per heavy atom. The first-order chi connectivity index (χ1) is 7.80. The number of hydrogen-bond acceptors (Lipinski definition) is 5. The Hall–Kier alpha value is -1.90. The Morgan fingerprint density at radius 3 is 2.59 bits per heavy atom. The zero-order chi connectivity index (χ0) is 12.8. The van der Waals surface area contributed by atoms with Crippen molar-refractivity contribution in [1.29, 1.82) is 0 Å². The standard InChI is InChI=1S/C8H4F3N3O2S/c9-8(10,11)5-4-3(13-7(12)14-5)2(1-17-4)6(15)16/h1H,(H,15,16)(H2,12,13,14). The number of nitrogens with zero attached hydrogens (tertiary/aromatic N) is 2. The van der Waals surface area contributed by atoms with Gasteiger partial charge in [0, 0.05) is 5.38 Å². The molecule has 0 unspecified atom stereocenters. The van der Waals surface area contributed by atoms with Crippen LogP contribution in [0.25, 0.3) is 10.2 Å². The predicted molar refractivity (Wildman–Crippen MR) is 53.8 cm³/mol. The highest BCUT2D eigenvalue weighted by atomic mass is 32.1. The minimum atomic E-state index is -4.70. The normalized spacial score (nSPS) is 11.9. The summed E-state index contributed by atoms with van der Waals surface area (Å²) in [5.41, 5.74) is 3.32. The molecule has 0 aromatic carbocycles. The maximum absolute atomic E-state index is 12.6. The first-order valence-corrected chi connectivity index (χ1v) is 5.04. The highest BCUT2D eigenvalue weighted by molar-refractivity contribution is 7.17. The maximum atomic E-state index is 12.6. The summed E-state index contributed by atoms with van der Waals surface area (Å²) < 4.78 is 37.5. The van der Waals surface area contributed by atoms with Crippen LogP contribution in [0.2, 0.25) is 0 Å². The number of aromatic carboxylic acids is 1. The zero-order valence-corrected chi connectivity index (χ0v) is 8.76. The molecule has 17 heavy (non-hydrogen) atoms. The number of nitrogens with two attached hydrogens (primary N) is 1. The number of thiophene rings is 1. The van der Waals surface area contributed by atoms with Gasteiger partial charge in [-0.2, -0.15) is 13.2 Å². The van der Waals surface area contributed by atoms with Crippen LogP contribution in [0.15, 0.2) is 5.38 Å². The topological polar surface area (TPSA) is 89.1 Å². The Morgan fingerprint density at radius 2 is 2.06 bits per heavy atom. The van der Waals surface area contributed by atoms with Crippen LogP contribution in [0.4, 0.5) is 19.1 Å². The summed E-state index contributed by atoms with van der Waals surface area (Å²) in [7, 11) is 0. The lowest BCUT2D eigenvalue weighted by Crippen LogP contribution is -2.11. The molecule has 0 amide bonds. The SMILES string of the molecule is Nc1nc(C(F)(F)F)c2scc(C(=O)O)c2n1. The zero-order valence-electron chi connectivity index (χ0n) is 7.95. The number of fused-ring (bicyclic) bond motifs is 1. The van der Waals surface area contributed by atoms with E-state index in [0.717, 1.165) is 5.38 Å². The molecular formula is C8H4F3N3O2S. The molecule has 0 fully saturated rings. The number of carboxylic acids is 1. The third-order valence-electron chi connectivity index (χ3n) is 1.93. The van der Waals surface area contributed by atoms with Gasteiger partial charge in [0.15, 0.2) is 5.69 Å². The largest absolute Gasteiger partial charge is 0.478 e. The minimum Gasteiger partial charge on any atom is -0.478 e. The third kappa shape index (κ3) is 1.88. The number of anilines is 1. The van der Waals surface area contributed by atoms with Crippen molar-refractivity contribution in [2.24, 2.45) is 0 Å². The van der Waals surface area contributed by atoms with E-state index in [-0.39, 0.29) is 15.8 Å². The summed E-state index contributed by atoms with van der Waals surface area (Å²) in [5, 5.41) is 9.86. The monoisotopic (exact) mass is 263 g/mol. The molecule has 2 aromatic heterocycles. The molecule has 0 bridgehead atoms. The fourth-order valence-electron chi connectivity index (χ4n) is 1.28. The molecule has 2 rings (SSSR count). The predicted octanol–water partition coefficient (Wildman–Crippen LogP) is 1.99. The molecule has 0 atom stereocenters. The van der Waals surface area contributed by atoms with Crippen LogP contribution in [0.5, 0.6) is 0 Å². The molecule has 0 aliphatic carbocycles. The fraction of sp³-hybridized carbons (Fsp3) is 0.125. The Kier molecular flexibility index (Phi) is 2.42. The van der Waals surface area contributed by atoms with Crippen molar-refractivity contribution in [1.82, 2.24) is 9.97 Å². The second kappa shape index (κ2) is 3.55. The van der Waals surface area contributed by atoms with E-state index in [1.807, 2.05) is 0 Å². The molecule has 5 nitrogen and oxygen atoms in total. The van der Waals surface area contributed by atoms with Gasteiger partial charge in [-0.3, -0.25) is 0 Å². The van der Waals surface area contributed by atoms with Crippen molar-refractivity contribution < 1.29 is 23.1 Å². The van der Waals surface area contributed by atoms with Crippen LogP contribution in [-0.4, -0.2) is 21.0 Å². The Labute approximate surface area is 95.7 Å². The molecule has 9 heteroatoms. The van der Waals surface area contributed by atoms with Crippen LogP contribution in [0.3, 0.4) is 0 Å². The van der Waals surface area contributed by atoms with Gasteiger partial charge in [0.25, 0.3) is 0 Å². The maximum Gasteiger partial charge on any atom is 0.434 e. The molecule has 2 aromatic rings. The number of rotatable bonds is 1. The first-order valence-electron chi connectivity index (χ1n) is 4.16. The number of halogens is 3. The number of hydrogen-bond donors (Lipinski definition) is 2. The number of alkyl halides is 3. The van der Waals surface area contributed by atoms with Crippen molar-refractivity contribution in [3.8, 4) is 0 Å². The van der Waals surface area contributed by atoms with Gasteiger partial charge < -0.3 is 10.8 Å². The van der Waals surface area contributed by atoms with Gasteiger partial charge in [-0.25, -0.2) is 14.8 Å². The van der Waals surface area contributed by atoms with Gasteiger partial charge in [-0.15, -0.1) is 11.3 Å². The van der Waals surface area contributed by atoms with E-state index in [4.69, 9.17) is 10.8 Å². The van der Waals surface area contributed by atoms with Crippen LogP contribution >= 0.6 is 11.3 Å². The smallest absolute Gasteiger partial charge is 0.434 e. The van der Waals surface area contributed by atoms with Gasteiger partial charge in [0.1, 0.15) is 5.52 Å². The molecule has 2 heterocycles. The van der Waals surface area contributed by atoms with Crippen molar-refractivity contribution >= 4 is 33.5 Å². The minimum absolute atomic E-state index is 0.290. The lowest BCUT2D eigenvalue weighted by Gasteiger charge is -2.06. The number of aromatic nitrogens is 2. The Bertz CT molecular complexity index is 608. The van der Waals surface area contributed by atoms with E-state index in [9.17, 15) is 18.0 Å². The number of nitrogen functional groups attached to an aromatic ring is 1. The van der Waals surface area contributed by atoms with E-state index in [1.165, 1.54) is 0 Å². The van der Waals surface area contributed by atoms with Crippen LogP contribution < -0.4 is 5.73 Å². The molecule has 0 aliphatic rings. The van der Waals surface area contributed by atoms with Crippen molar-refractivity contribution in [2.75, 3.05) is 5.73 Å². The molecule has 0 saturated heterocycles. The summed E-state index contributed by atoms with van der Waals surface area (Å²) in [6, 6.07) is 0. The second-order valence-corrected chi connectivity index (χ2v) is 3.94. The van der Waals surface area contributed by atoms with Crippen LogP contribution in [0.1, 0.15) is 16.1 Å². The molecular weight excluding hydrogens is 259 g/mol. The van der Waals surface area contributed by atoms with Gasteiger partial charge >= 0.3 is 12.1 Å². The molecule has 3 N–H and O–H groups in total.